The van der Waals surface area contributed by atoms with Gasteiger partial charge in [0.2, 0.25) is 15.9 Å². The lowest BCUT2D eigenvalue weighted by Gasteiger charge is -2.36. The molecule has 8 heteroatoms. The van der Waals surface area contributed by atoms with Gasteiger partial charge in [0.25, 0.3) is 5.91 Å². The zero-order chi connectivity index (χ0) is 24.5. The Hall–Kier alpha value is -3.23. The smallest absolute Gasteiger partial charge is 0.255 e. The maximum Gasteiger partial charge on any atom is 0.255 e. The molecule has 7 nitrogen and oxygen atoms in total. The molecule has 0 aromatic heterocycles. The molecule has 0 saturated carbocycles. The van der Waals surface area contributed by atoms with Gasteiger partial charge in [-0.05, 0) is 43.0 Å². The normalized spacial score (nSPS) is 18.6. The number of piperidine rings is 1. The van der Waals surface area contributed by atoms with E-state index >= 15 is 0 Å². The number of nitrogens with one attached hydrogen (secondary N) is 2. The molecule has 0 aliphatic carbocycles. The number of hydrogen-bond donors (Lipinski definition) is 2. The lowest BCUT2D eigenvalue weighted by atomic mass is 9.95. The van der Waals surface area contributed by atoms with E-state index < -0.39 is 10.0 Å². The van der Waals surface area contributed by atoms with Crippen molar-refractivity contribution in [3.05, 3.63) is 71.8 Å². The predicted octanol–water partition coefficient (Wildman–Crippen LogP) is 3.94. The second-order valence-corrected chi connectivity index (χ2v) is 10.6. The Kier molecular flexibility index (Phi) is 6.72. The fraction of sp³-hybridized carbons (Fsp3) is 0.308. The molecular weight excluding hydrogens is 450 g/mol. The molecule has 3 aromatic rings. The fourth-order valence-electron chi connectivity index (χ4n) is 4.50. The highest BCUT2D eigenvalue weighted by atomic mass is 32.2. The third-order valence-electron chi connectivity index (χ3n) is 6.47. The highest BCUT2D eigenvalue weighted by Gasteiger charge is 2.31. The second kappa shape index (κ2) is 9.56. The van der Waals surface area contributed by atoms with Crippen LogP contribution < -0.4 is 10.0 Å². The average Bonchev–Trinajstić information content (AvgIpc) is 2.80. The Morgan fingerprint density at radius 1 is 0.971 bits per heavy atom. The van der Waals surface area contributed by atoms with Crippen LogP contribution >= 0.6 is 0 Å². The van der Waals surface area contributed by atoms with Gasteiger partial charge < -0.3 is 10.2 Å². The SMILES string of the molecule is CC(=O)N1CCC(NS(=O)(=O)c2ccc(NC(=O)c3ccccc3C)c3ccccc23)[C@@H](C)C1. The molecular formula is C26H29N3O4S. The van der Waals surface area contributed by atoms with Crippen LogP contribution in [0, 0.1) is 12.8 Å². The topological polar surface area (TPSA) is 95.6 Å². The van der Waals surface area contributed by atoms with Crippen LogP contribution in [0.4, 0.5) is 5.69 Å². The van der Waals surface area contributed by atoms with Crippen molar-refractivity contribution in [3.63, 3.8) is 0 Å². The van der Waals surface area contributed by atoms with E-state index in [9.17, 15) is 18.0 Å². The standard InChI is InChI=1S/C26H29N3O4S/c1-17-8-4-5-9-20(17)26(31)27-24-12-13-25(22-11-7-6-10-21(22)24)34(32,33)28-23-14-15-29(19(3)30)16-18(23)2/h4-13,18,23,28H,14-16H2,1-3H3,(H,27,31)/t18-,23?/m0/s1. The van der Waals surface area contributed by atoms with Gasteiger partial charge in [0, 0.05) is 48.1 Å². The summed E-state index contributed by atoms with van der Waals surface area (Å²) in [5, 5.41) is 4.11. The Morgan fingerprint density at radius 3 is 2.32 bits per heavy atom. The van der Waals surface area contributed by atoms with Crippen molar-refractivity contribution < 1.29 is 18.0 Å². The van der Waals surface area contributed by atoms with Gasteiger partial charge in [-0.1, -0.05) is 49.4 Å². The van der Waals surface area contributed by atoms with Gasteiger partial charge in [0.1, 0.15) is 0 Å². The van der Waals surface area contributed by atoms with Gasteiger partial charge in [0.15, 0.2) is 0 Å². The minimum absolute atomic E-state index is 0.00230. The van der Waals surface area contributed by atoms with E-state index in [1.807, 2.05) is 38.1 Å². The largest absolute Gasteiger partial charge is 0.343 e. The maximum atomic E-state index is 13.4. The minimum Gasteiger partial charge on any atom is -0.343 e. The van der Waals surface area contributed by atoms with Gasteiger partial charge in [0.05, 0.1) is 4.90 Å². The summed E-state index contributed by atoms with van der Waals surface area (Å²) in [5.41, 5.74) is 1.97. The Morgan fingerprint density at radius 2 is 1.65 bits per heavy atom. The third kappa shape index (κ3) is 4.83. The lowest BCUT2D eigenvalue weighted by molar-refractivity contribution is -0.130. The van der Waals surface area contributed by atoms with Crippen molar-refractivity contribution in [1.29, 1.82) is 0 Å². The molecule has 2 N–H and O–H groups in total. The van der Waals surface area contributed by atoms with Crippen molar-refractivity contribution in [2.75, 3.05) is 18.4 Å². The van der Waals surface area contributed by atoms with Crippen LogP contribution in [0.3, 0.4) is 0 Å². The number of anilines is 1. The van der Waals surface area contributed by atoms with Crippen LogP contribution in [0.15, 0.2) is 65.6 Å². The predicted molar refractivity (Wildman–Crippen MR) is 133 cm³/mol. The third-order valence-corrected chi connectivity index (χ3v) is 8.02. The molecule has 0 spiro atoms. The number of aryl methyl sites for hydroxylation is 1. The Balaban J connectivity index is 1.62. The second-order valence-electron chi connectivity index (χ2n) is 8.88. The first-order chi connectivity index (χ1) is 16.2. The van der Waals surface area contributed by atoms with E-state index in [1.54, 1.807) is 35.2 Å². The molecule has 0 bridgehead atoms. The van der Waals surface area contributed by atoms with Crippen LogP contribution in [0.25, 0.3) is 10.8 Å². The molecule has 0 radical (unpaired) electrons. The molecule has 178 valence electrons. The Labute approximate surface area is 200 Å². The summed E-state index contributed by atoms with van der Waals surface area (Å²) >= 11 is 0. The number of nitrogens with zero attached hydrogens (tertiary/aromatic N) is 1. The molecule has 1 unspecified atom stereocenters. The van der Waals surface area contributed by atoms with Gasteiger partial charge in [-0.3, -0.25) is 9.59 Å². The van der Waals surface area contributed by atoms with Gasteiger partial charge in [-0.2, -0.15) is 0 Å². The molecule has 34 heavy (non-hydrogen) atoms. The molecule has 1 saturated heterocycles. The van der Waals surface area contributed by atoms with E-state index in [0.29, 0.717) is 41.5 Å². The molecule has 1 heterocycles. The van der Waals surface area contributed by atoms with E-state index in [1.165, 1.54) is 13.0 Å². The van der Waals surface area contributed by atoms with Crippen molar-refractivity contribution in [2.24, 2.45) is 5.92 Å². The van der Waals surface area contributed by atoms with Gasteiger partial charge >= 0.3 is 0 Å². The fourth-order valence-corrected chi connectivity index (χ4v) is 6.09. The first-order valence-corrected chi connectivity index (χ1v) is 12.8. The van der Waals surface area contributed by atoms with Crippen LogP contribution in [-0.2, 0) is 14.8 Å². The first-order valence-electron chi connectivity index (χ1n) is 11.3. The molecule has 2 atom stereocenters. The average molecular weight is 480 g/mol. The highest BCUT2D eigenvalue weighted by Crippen LogP contribution is 2.31. The van der Waals surface area contributed by atoms with Gasteiger partial charge in [-0.25, -0.2) is 13.1 Å². The molecule has 1 fully saturated rings. The van der Waals surface area contributed by atoms with E-state index in [4.69, 9.17) is 0 Å². The van der Waals surface area contributed by atoms with E-state index in [0.717, 1.165) is 5.56 Å². The number of benzene rings is 3. The van der Waals surface area contributed by atoms with Crippen LogP contribution in [0.5, 0.6) is 0 Å². The van der Waals surface area contributed by atoms with E-state index in [-0.39, 0.29) is 28.7 Å². The van der Waals surface area contributed by atoms with Crippen LogP contribution in [0.1, 0.15) is 36.2 Å². The molecule has 1 aliphatic rings. The van der Waals surface area contributed by atoms with Crippen LogP contribution in [-0.4, -0.2) is 44.3 Å². The Bertz CT molecular complexity index is 1350. The lowest BCUT2D eigenvalue weighted by Crippen LogP contribution is -2.51. The monoisotopic (exact) mass is 479 g/mol. The number of rotatable bonds is 5. The summed E-state index contributed by atoms with van der Waals surface area (Å²) in [4.78, 5) is 26.5. The molecule has 1 aliphatic heterocycles. The molecule has 2 amide bonds. The summed E-state index contributed by atoms with van der Waals surface area (Å²) in [6.45, 7) is 6.40. The number of hydrogen-bond acceptors (Lipinski definition) is 4. The highest BCUT2D eigenvalue weighted by molar-refractivity contribution is 7.89. The first kappa shape index (κ1) is 23.9. The number of fused-ring (bicyclic) bond motifs is 1. The summed E-state index contributed by atoms with van der Waals surface area (Å²) in [7, 11) is -3.83. The number of likely N-dealkylation sites (tertiary alicyclic amines) is 1. The summed E-state index contributed by atoms with van der Waals surface area (Å²) in [5.74, 6) is -0.253. The number of carbonyl (C=O) groups is 2. The zero-order valence-corrected chi connectivity index (χ0v) is 20.4. The summed E-state index contributed by atoms with van der Waals surface area (Å²) < 4.78 is 29.6. The molecule has 4 rings (SSSR count). The number of amides is 2. The maximum absolute atomic E-state index is 13.4. The van der Waals surface area contributed by atoms with Gasteiger partial charge in [-0.15, -0.1) is 0 Å². The number of carbonyl (C=O) groups excluding carboxylic acids is 2. The van der Waals surface area contributed by atoms with Crippen LogP contribution in [0.2, 0.25) is 0 Å². The van der Waals surface area contributed by atoms with Crippen molar-refractivity contribution >= 4 is 38.3 Å². The summed E-state index contributed by atoms with van der Waals surface area (Å²) in [6, 6.07) is 17.4. The van der Waals surface area contributed by atoms with E-state index in [2.05, 4.69) is 10.0 Å². The number of sulfonamides is 1. The zero-order valence-electron chi connectivity index (χ0n) is 19.5. The van der Waals surface area contributed by atoms with Crippen molar-refractivity contribution in [1.82, 2.24) is 9.62 Å². The van der Waals surface area contributed by atoms with Crippen molar-refractivity contribution in [3.8, 4) is 0 Å². The minimum atomic E-state index is -3.83. The molecule has 3 aromatic carbocycles. The quantitative estimate of drug-likeness (QED) is 0.580. The summed E-state index contributed by atoms with van der Waals surface area (Å²) in [6.07, 6.45) is 0.558. The van der Waals surface area contributed by atoms with Crippen molar-refractivity contribution in [2.45, 2.75) is 38.1 Å².